The Bertz CT molecular complexity index is 463. The van der Waals surface area contributed by atoms with Gasteiger partial charge in [-0.3, -0.25) is 0 Å². The van der Waals surface area contributed by atoms with Crippen molar-refractivity contribution in [2.24, 2.45) is 11.8 Å². The van der Waals surface area contributed by atoms with Gasteiger partial charge < -0.3 is 28.0 Å². The van der Waals surface area contributed by atoms with E-state index in [1.54, 1.807) is 0 Å². The summed E-state index contributed by atoms with van der Waals surface area (Å²) in [5.41, 5.74) is 0. The van der Waals surface area contributed by atoms with Crippen LogP contribution in [0.25, 0.3) is 0 Å². The van der Waals surface area contributed by atoms with Crippen LogP contribution in [-0.4, -0.2) is 25.5 Å². The predicted molar refractivity (Wildman–Crippen MR) is 133 cm³/mol. The molecule has 0 heterocycles. The minimum atomic E-state index is -3.59. The quantitative estimate of drug-likeness (QED) is 0.0897. The predicted octanol–water partition coefficient (Wildman–Crippen LogP) is 7.14. The third kappa shape index (κ3) is 25.7. The van der Waals surface area contributed by atoms with Gasteiger partial charge in [-0.15, -0.1) is 0 Å². The molecule has 0 aromatic heterocycles. The molecule has 0 bridgehead atoms. The molecule has 33 heavy (non-hydrogen) atoms. The van der Waals surface area contributed by atoms with Crippen molar-refractivity contribution in [1.29, 1.82) is 0 Å². The Morgan fingerprint density at radius 1 is 0.606 bits per heavy atom. The van der Waals surface area contributed by atoms with E-state index in [2.05, 4.69) is 13.8 Å². The second kappa shape index (κ2) is 24.5. The minimum absolute atomic E-state index is 0. The van der Waals surface area contributed by atoms with E-state index in [1.165, 1.54) is 0 Å². The van der Waals surface area contributed by atoms with E-state index >= 15 is 0 Å². The Balaban J connectivity index is -0.000000529. The number of rotatable bonds is 20. The fraction of sp³-hybridized carbons (Fsp3) is 1.00. The number of hydrogen-bond acceptors (Lipinski definition) is 6. The zero-order valence-corrected chi connectivity index (χ0v) is 24.9. The first kappa shape index (κ1) is 38.3. The molecule has 0 aromatic carbocycles. The van der Waals surface area contributed by atoms with E-state index in [9.17, 15) is 18.9 Å². The maximum Gasteiger partial charge on any atom is 2.00 e. The van der Waals surface area contributed by atoms with Gasteiger partial charge in [-0.2, -0.15) is 0 Å². The molecule has 9 heteroatoms. The summed E-state index contributed by atoms with van der Waals surface area (Å²) in [5.74, 6) is 0.537. The van der Waals surface area contributed by atoms with Gasteiger partial charge in [0.15, 0.2) is 0 Å². The molecule has 0 aromatic rings. The summed E-state index contributed by atoms with van der Waals surface area (Å²) >= 11 is 0. The Morgan fingerprint density at radius 2 is 0.909 bits per heavy atom. The van der Waals surface area contributed by atoms with Gasteiger partial charge in [0.25, 0.3) is 0 Å². The Labute approximate surface area is 215 Å². The molecule has 0 amide bonds. The molecule has 0 saturated carbocycles. The van der Waals surface area contributed by atoms with Gasteiger partial charge in [0.1, 0.15) is 15.2 Å². The van der Waals surface area contributed by atoms with Crippen molar-refractivity contribution in [1.82, 2.24) is 0 Å². The summed E-state index contributed by atoms with van der Waals surface area (Å²) in [4.78, 5) is 23.3. The van der Waals surface area contributed by atoms with Crippen molar-refractivity contribution < 1.29 is 44.5 Å². The molecule has 0 spiro atoms. The molecule has 0 fully saturated rings. The molecular formula is C24H52NiO6P2. The smallest absolute Gasteiger partial charge is 0.778 e. The zero-order valence-electron chi connectivity index (χ0n) is 22.1. The average molecular weight is 557 g/mol. The second-order valence-corrected chi connectivity index (χ2v) is 12.5. The van der Waals surface area contributed by atoms with Crippen LogP contribution in [0, 0.1) is 11.8 Å². The molecule has 4 atom stereocenters. The molecular weight excluding hydrogens is 505 g/mol. The van der Waals surface area contributed by atoms with Crippen LogP contribution in [0.3, 0.4) is 0 Å². The van der Waals surface area contributed by atoms with Crippen LogP contribution in [-0.2, 0) is 34.7 Å². The Morgan fingerprint density at radius 3 is 1.15 bits per heavy atom. The first-order valence-corrected chi connectivity index (χ1v) is 16.5. The first-order chi connectivity index (χ1) is 15.1. The van der Waals surface area contributed by atoms with E-state index in [0.717, 1.165) is 77.0 Å². The molecule has 0 rings (SSSR count). The standard InChI is InChI=1S/2C12H27O3P.Ni/c2*1-4-7-9-12(6-3)11-16(13,14)15-10-8-5-2;/h2*12H,4-11H2,1-3H3,(H,13,14);/q;;+2/p-2. The Hall–Kier alpha value is 0.794. The van der Waals surface area contributed by atoms with Crippen LogP contribution < -0.4 is 9.79 Å². The maximum absolute atomic E-state index is 11.6. The fourth-order valence-corrected chi connectivity index (χ4v) is 6.44. The molecule has 0 N–H and O–H groups in total. The molecule has 0 aliphatic heterocycles. The average Bonchev–Trinajstić information content (AvgIpc) is 2.74. The van der Waals surface area contributed by atoms with Gasteiger partial charge in [0.2, 0.25) is 0 Å². The van der Waals surface area contributed by atoms with E-state index in [1.807, 2.05) is 27.7 Å². The van der Waals surface area contributed by atoms with Gasteiger partial charge in [-0.1, -0.05) is 92.9 Å². The van der Waals surface area contributed by atoms with E-state index < -0.39 is 15.2 Å². The summed E-state index contributed by atoms with van der Waals surface area (Å²) in [6.45, 7) is 13.1. The number of hydrogen-bond donors (Lipinski definition) is 0. The van der Waals surface area contributed by atoms with Gasteiger partial charge in [0, 0.05) is 12.3 Å². The second-order valence-electron chi connectivity index (χ2n) is 8.79. The minimum Gasteiger partial charge on any atom is -0.778 e. The van der Waals surface area contributed by atoms with Crippen molar-refractivity contribution in [2.75, 3.05) is 25.5 Å². The van der Waals surface area contributed by atoms with Crippen LogP contribution in [0.15, 0.2) is 0 Å². The molecule has 4 unspecified atom stereocenters. The molecule has 0 saturated heterocycles. The SMILES string of the molecule is CCCCOP(=O)([O-])CC(CC)CCCC.CCCCOP(=O)([O-])CC(CC)CCCC.[Ni+2]. The third-order valence-corrected chi connectivity index (χ3v) is 8.70. The molecule has 0 aliphatic carbocycles. The van der Waals surface area contributed by atoms with Gasteiger partial charge in [0.05, 0.1) is 13.2 Å². The number of unbranched alkanes of at least 4 members (excludes halogenated alkanes) is 4. The molecule has 204 valence electrons. The van der Waals surface area contributed by atoms with Crippen LogP contribution in [0.4, 0.5) is 0 Å². The fourth-order valence-electron chi connectivity index (χ4n) is 3.27. The van der Waals surface area contributed by atoms with Crippen LogP contribution in [0.5, 0.6) is 0 Å². The van der Waals surface area contributed by atoms with Crippen LogP contribution >= 0.6 is 15.2 Å². The van der Waals surface area contributed by atoms with Crippen molar-refractivity contribution >= 4 is 15.2 Å². The summed E-state index contributed by atoms with van der Waals surface area (Å²) in [7, 11) is -7.17. The van der Waals surface area contributed by atoms with Crippen LogP contribution in [0.2, 0.25) is 0 Å². The van der Waals surface area contributed by atoms with Gasteiger partial charge in [-0.25, -0.2) is 0 Å². The van der Waals surface area contributed by atoms with Crippen molar-refractivity contribution in [3.05, 3.63) is 0 Å². The van der Waals surface area contributed by atoms with Gasteiger partial charge in [-0.05, 0) is 37.5 Å². The van der Waals surface area contributed by atoms with Gasteiger partial charge >= 0.3 is 16.5 Å². The van der Waals surface area contributed by atoms with Crippen LogP contribution in [0.1, 0.15) is 119 Å². The molecule has 0 radical (unpaired) electrons. The summed E-state index contributed by atoms with van der Waals surface area (Å²) in [5, 5.41) is 0. The Kier molecular flexibility index (Phi) is 28.4. The van der Waals surface area contributed by atoms with Crippen molar-refractivity contribution in [2.45, 2.75) is 119 Å². The summed E-state index contributed by atoms with van der Waals surface area (Å²) in [6.07, 6.45) is 12.3. The zero-order chi connectivity index (χ0) is 24.9. The van der Waals surface area contributed by atoms with E-state index in [4.69, 9.17) is 9.05 Å². The van der Waals surface area contributed by atoms with Crippen molar-refractivity contribution in [3.8, 4) is 0 Å². The molecule has 6 nitrogen and oxygen atoms in total. The maximum atomic E-state index is 11.6. The normalized spacial score (nSPS) is 16.5. The van der Waals surface area contributed by atoms with E-state index in [-0.39, 0.29) is 40.7 Å². The topological polar surface area (TPSA) is 98.7 Å². The first-order valence-electron chi connectivity index (χ1n) is 13.0. The summed E-state index contributed by atoms with van der Waals surface area (Å²) in [6, 6.07) is 0. The molecule has 0 aliphatic rings. The monoisotopic (exact) mass is 556 g/mol. The van der Waals surface area contributed by atoms with Crippen molar-refractivity contribution in [3.63, 3.8) is 0 Å². The third-order valence-electron chi connectivity index (χ3n) is 5.62. The van der Waals surface area contributed by atoms with E-state index in [0.29, 0.717) is 13.2 Å². The summed E-state index contributed by atoms with van der Waals surface area (Å²) < 4.78 is 33.3. The largest absolute Gasteiger partial charge is 2.00 e.